The molecule has 0 aromatic rings. The smallest absolute Gasteiger partial charge is 0.0157 e. The van der Waals surface area contributed by atoms with E-state index in [2.05, 4.69) is 20.8 Å². The van der Waals surface area contributed by atoms with Gasteiger partial charge < -0.3 is 5.73 Å². The van der Waals surface area contributed by atoms with Crippen molar-refractivity contribution in [1.82, 2.24) is 0 Å². The molecule has 1 aliphatic rings. The Labute approximate surface area is 89.5 Å². The van der Waals surface area contributed by atoms with Crippen LogP contribution in [0.1, 0.15) is 65.7 Å². The number of hydrogen-bond acceptors (Lipinski definition) is 1. The molecule has 0 aromatic heterocycles. The minimum absolute atomic E-state index is 0.182. The first-order valence-corrected chi connectivity index (χ1v) is 6.38. The van der Waals surface area contributed by atoms with Crippen molar-refractivity contribution >= 4 is 0 Å². The minimum atomic E-state index is 0.182. The summed E-state index contributed by atoms with van der Waals surface area (Å²) in [5.41, 5.74) is 6.63. The van der Waals surface area contributed by atoms with E-state index in [1.807, 2.05) is 0 Å². The molecule has 0 radical (unpaired) electrons. The van der Waals surface area contributed by atoms with Crippen molar-refractivity contribution < 1.29 is 0 Å². The molecule has 84 valence electrons. The summed E-state index contributed by atoms with van der Waals surface area (Å²) in [5, 5.41) is 0. The van der Waals surface area contributed by atoms with Crippen LogP contribution in [0.15, 0.2) is 0 Å². The monoisotopic (exact) mass is 197 g/mol. The summed E-state index contributed by atoms with van der Waals surface area (Å²) < 4.78 is 0. The molecule has 1 rings (SSSR count). The zero-order chi connectivity index (χ0) is 10.6. The Morgan fingerprint density at radius 1 is 1.29 bits per heavy atom. The third kappa shape index (κ3) is 3.27. The van der Waals surface area contributed by atoms with Gasteiger partial charge in [0.2, 0.25) is 0 Å². The van der Waals surface area contributed by atoms with E-state index in [4.69, 9.17) is 5.73 Å². The molecule has 0 saturated heterocycles. The van der Waals surface area contributed by atoms with E-state index in [-0.39, 0.29) is 5.54 Å². The molecule has 0 amide bonds. The average Bonchev–Trinajstić information content (AvgIpc) is 2.18. The predicted octanol–water partition coefficient (Wildman–Crippen LogP) is 3.72. The summed E-state index contributed by atoms with van der Waals surface area (Å²) in [6, 6.07) is 0. The van der Waals surface area contributed by atoms with E-state index >= 15 is 0 Å². The zero-order valence-electron chi connectivity index (χ0n) is 10.2. The van der Waals surface area contributed by atoms with Crippen LogP contribution in [0, 0.1) is 11.8 Å². The summed E-state index contributed by atoms with van der Waals surface area (Å²) in [5.74, 6) is 1.77. The van der Waals surface area contributed by atoms with E-state index in [9.17, 15) is 0 Å². The van der Waals surface area contributed by atoms with E-state index in [0.717, 1.165) is 11.8 Å². The Balaban J connectivity index is 2.37. The third-order valence-corrected chi connectivity index (χ3v) is 4.13. The van der Waals surface area contributed by atoms with E-state index in [0.29, 0.717) is 0 Å². The van der Waals surface area contributed by atoms with Gasteiger partial charge in [0.05, 0.1) is 0 Å². The number of nitrogens with two attached hydrogens (primary N) is 1. The maximum absolute atomic E-state index is 6.45. The van der Waals surface area contributed by atoms with Crippen molar-refractivity contribution in [2.45, 2.75) is 71.3 Å². The maximum atomic E-state index is 6.45. The van der Waals surface area contributed by atoms with E-state index in [1.54, 1.807) is 0 Å². The first-order valence-electron chi connectivity index (χ1n) is 6.38. The van der Waals surface area contributed by atoms with E-state index < -0.39 is 0 Å². The lowest BCUT2D eigenvalue weighted by Gasteiger charge is -2.38. The molecule has 2 N–H and O–H groups in total. The molecule has 1 atom stereocenters. The Morgan fingerprint density at radius 3 is 2.29 bits per heavy atom. The zero-order valence-corrected chi connectivity index (χ0v) is 10.2. The average molecular weight is 197 g/mol. The van der Waals surface area contributed by atoms with Crippen LogP contribution in [-0.2, 0) is 0 Å². The summed E-state index contributed by atoms with van der Waals surface area (Å²) in [6.07, 6.45) is 9.11. The van der Waals surface area contributed by atoms with Gasteiger partial charge in [-0.2, -0.15) is 0 Å². The molecule has 1 nitrogen and oxygen atoms in total. The highest BCUT2D eigenvalue weighted by Crippen LogP contribution is 2.36. The fourth-order valence-corrected chi connectivity index (χ4v) is 2.70. The van der Waals surface area contributed by atoms with Gasteiger partial charge in [0.15, 0.2) is 0 Å². The lowest BCUT2D eigenvalue weighted by Crippen LogP contribution is -2.44. The van der Waals surface area contributed by atoms with Crippen LogP contribution >= 0.6 is 0 Å². The van der Waals surface area contributed by atoms with Crippen molar-refractivity contribution in [3.63, 3.8) is 0 Å². The highest BCUT2D eigenvalue weighted by atomic mass is 14.7. The van der Waals surface area contributed by atoms with Gasteiger partial charge in [-0.1, -0.05) is 33.6 Å². The molecule has 0 spiro atoms. The largest absolute Gasteiger partial charge is 0.325 e. The van der Waals surface area contributed by atoms with Crippen molar-refractivity contribution in [2.24, 2.45) is 17.6 Å². The molecule has 1 heteroatoms. The van der Waals surface area contributed by atoms with Crippen LogP contribution in [-0.4, -0.2) is 5.54 Å². The number of hydrogen-bond donors (Lipinski definition) is 1. The van der Waals surface area contributed by atoms with E-state index in [1.165, 1.54) is 44.9 Å². The van der Waals surface area contributed by atoms with Gasteiger partial charge in [-0.05, 0) is 43.9 Å². The quantitative estimate of drug-likeness (QED) is 0.730. The Hall–Kier alpha value is -0.0400. The molecular formula is C13H27N. The minimum Gasteiger partial charge on any atom is -0.325 e. The van der Waals surface area contributed by atoms with Crippen LogP contribution in [0.4, 0.5) is 0 Å². The van der Waals surface area contributed by atoms with Crippen molar-refractivity contribution in [3.05, 3.63) is 0 Å². The Kier molecular flexibility index (Phi) is 4.43. The second kappa shape index (κ2) is 5.16. The van der Waals surface area contributed by atoms with Gasteiger partial charge in [-0.25, -0.2) is 0 Å². The molecule has 1 aliphatic carbocycles. The normalized spacial score (nSPS) is 35.6. The van der Waals surface area contributed by atoms with Gasteiger partial charge in [0.1, 0.15) is 0 Å². The summed E-state index contributed by atoms with van der Waals surface area (Å²) in [7, 11) is 0. The van der Waals surface area contributed by atoms with Crippen LogP contribution < -0.4 is 5.73 Å². The predicted molar refractivity (Wildman–Crippen MR) is 63.2 cm³/mol. The van der Waals surface area contributed by atoms with Gasteiger partial charge in [0.25, 0.3) is 0 Å². The third-order valence-electron chi connectivity index (χ3n) is 4.13. The molecule has 14 heavy (non-hydrogen) atoms. The molecule has 1 fully saturated rings. The molecule has 1 saturated carbocycles. The SMILES string of the molecule is CCC(C)CC1(N)CCC(CC)CC1. The van der Waals surface area contributed by atoms with Gasteiger partial charge in [-0.3, -0.25) is 0 Å². The summed E-state index contributed by atoms with van der Waals surface area (Å²) in [4.78, 5) is 0. The summed E-state index contributed by atoms with van der Waals surface area (Å²) in [6.45, 7) is 6.91. The highest BCUT2D eigenvalue weighted by molar-refractivity contribution is 4.90. The van der Waals surface area contributed by atoms with Crippen LogP contribution in [0.3, 0.4) is 0 Å². The van der Waals surface area contributed by atoms with Crippen LogP contribution in [0.2, 0.25) is 0 Å². The van der Waals surface area contributed by atoms with Gasteiger partial charge in [-0.15, -0.1) is 0 Å². The van der Waals surface area contributed by atoms with Gasteiger partial charge in [0, 0.05) is 5.54 Å². The lowest BCUT2D eigenvalue weighted by molar-refractivity contribution is 0.195. The molecule has 0 heterocycles. The van der Waals surface area contributed by atoms with Crippen molar-refractivity contribution in [1.29, 1.82) is 0 Å². The lowest BCUT2D eigenvalue weighted by atomic mass is 9.72. The summed E-state index contributed by atoms with van der Waals surface area (Å²) >= 11 is 0. The second-order valence-corrected chi connectivity index (χ2v) is 5.43. The Bertz CT molecular complexity index is 157. The fourth-order valence-electron chi connectivity index (χ4n) is 2.70. The number of rotatable bonds is 4. The molecule has 0 aliphatic heterocycles. The first kappa shape index (κ1) is 12.0. The molecule has 0 bridgehead atoms. The standard InChI is InChI=1S/C13H27N/c1-4-11(3)10-13(14)8-6-12(5-2)7-9-13/h11-12H,4-10,14H2,1-3H3. The molecule has 1 unspecified atom stereocenters. The first-order chi connectivity index (χ1) is 6.59. The fraction of sp³-hybridized carbons (Fsp3) is 1.00. The topological polar surface area (TPSA) is 26.0 Å². The van der Waals surface area contributed by atoms with Crippen LogP contribution in [0.25, 0.3) is 0 Å². The van der Waals surface area contributed by atoms with Crippen molar-refractivity contribution in [3.8, 4) is 0 Å². The Morgan fingerprint density at radius 2 is 1.86 bits per heavy atom. The van der Waals surface area contributed by atoms with Gasteiger partial charge >= 0.3 is 0 Å². The van der Waals surface area contributed by atoms with Crippen molar-refractivity contribution in [2.75, 3.05) is 0 Å². The maximum Gasteiger partial charge on any atom is 0.0157 e. The molecular weight excluding hydrogens is 170 g/mol. The molecule has 0 aromatic carbocycles. The second-order valence-electron chi connectivity index (χ2n) is 5.43. The highest BCUT2D eigenvalue weighted by Gasteiger charge is 2.31. The van der Waals surface area contributed by atoms with Crippen LogP contribution in [0.5, 0.6) is 0 Å².